The number of rotatable bonds is 7. The SMILES string of the molecule is CC(C)[C@H](N)C(=O)NCCN(C(C)C)C(C)C. The molecule has 1 amide bonds. The monoisotopic (exact) mass is 243 g/mol. The van der Waals surface area contributed by atoms with E-state index in [0.29, 0.717) is 18.6 Å². The number of hydrogen-bond acceptors (Lipinski definition) is 3. The maximum atomic E-state index is 11.7. The van der Waals surface area contributed by atoms with Crippen LogP contribution in [-0.4, -0.2) is 42.0 Å². The number of nitrogens with two attached hydrogens (primary N) is 1. The summed E-state index contributed by atoms with van der Waals surface area (Å²) < 4.78 is 0. The fourth-order valence-electron chi connectivity index (χ4n) is 1.84. The third kappa shape index (κ3) is 6.03. The molecule has 4 heteroatoms. The Morgan fingerprint density at radius 1 is 1.12 bits per heavy atom. The third-order valence-electron chi connectivity index (χ3n) is 3.02. The molecule has 0 saturated carbocycles. The zero-order chi connectivity index (χ0) is 13.6. The Morgan fingerprint density at radius 3 is 1.94 bits per heavy atom. The molecule has 4 nitrogen and oxygen atoms in total. The Kier molecular flexibility index (Phi) is 7.39. The van der Waals surface area contributed by atoms with Gasteiger partial charge in [0.2, 0.25) is 5.91 Å². The first-order chi connectivity index (χ1) is 7.77. The zero-order valence-electron chi connectivity index (χ0n) is 12.2. The molecule has 0 aliphatic heterocycles. The molecule has 0 aliphatic carbocycles. The molecule has 0 radical (unpaired) electrons. The molecule has 0 aromatic carbocycles. The molecule has 0 spiro atoms. The summed E-state index contributed by atoms with van der Waals surface area (Å²) in [5, 5.41) is 2.90. The van der Waals surface area contributed by atoms with E-state index in [9.17, 15) is 4.79 Å². The van der Waals surface area contributed by atoms with Crippen molar-refractivity contribution in [3.8, 4) is 0 Å². The fraction of sp³-hybridized carbons (Fsp3) is 0.923. The van der Waals surface area contributed by atoms with Gasteiger partial charge in [0.25, 0.3) is 0 Å². The second kappa shape index (κ2) is 7.67. The molecule has 102 valence electrons. The maximum absolute atomic E-state index is 11.7. The largest absolute Gasteiger partial charge is 0.353 e. The third-order valence-corrected chi connectivity index (χ3v) is 3.02. The fourth-order valence-corrected chi connectivity index (χ4v) is 1.84. The number of amides is 1. The van der Waals surface area contributed by atoms with Crippen molar-refractivity contribution in [2.75, 3.05) is 13.1 Å². The molecular formula is C13H29N3O. The first kappa shape index (κ1) is 16.4. The number of hydrogen-bond donors (Lipinski definition) is 2. The first-order valence-electron chi connectivity index (χ1n) is 6.56. The first-order valence-corrected chi connectivity index (χ1v) is 6.56. The number of nitrogens with zero attached hydrogens (tertiary/aromatic N) is 1. The van der Waals surface area contributed by atoms with Crippen molar-refractivity contribution in [2.24, 2.45) is 11.7 Å². The van der Waals surface area contributed by atoms with Gasteiger partial charge >= 0.3 is 0 Å². The summed E-state index contributed by atoms with van der Waals surface area (Å²) in [4.78, 5) is 14.0. The highest BCUT2D eigenvalue weighted by Gasteiger charge is 2.17. The lowest BCUT2D eigenvalue weighted by Crippen LogP contribution is -2.47. The molecule has 1 atom stereocenters. The summed E-state index contributed by atoms with van der Waals surface area (Å²) in [5.41, 5.74) is 5.77. The lowest BCUT2D eigenvalue weighted by atomic mass is 10.1. The molecule has 0 bridgehead atoms. The van der Waals surface area contributed by atoms with Gasteiger partial charge in [-0.3, -0.25) is 9.69 Å². The van der Waals surface area contributed by atoms with E-state index in [1.54, 1.807) is 0 Å². The van der Waals surface area contributed by atoms with Gasteiger partial charge in [0.15, 0.2) is 0 Å². The molecular weight excluding hydrogens is 214 g/mol. The smallest absolute Gasteiger partial charge is 0.237 e. The minimum Gasteiger partial charge on any atom is -0.353 e. The molecule has 17 heavy (non-hydrogen) atoms. The summed E-state index contributed by atoms with van der Waals surface area (Å²) in [6, 6.07) is 0.581. The van der Waals surface area contributed by atoms with E-state index in [1.165, 1.54) is 0 Å². The van der Waals surface area contributed by atoms with E-state index in [0.717, 1.165) is 6.54 Å². The van der Waals surface area contributed by atoms with Crippen molar-refractivity contribution >= 4 is 5.91 Å². The summed E-state index contributed by atoms with van der Waals surface area (Å²) in [7, 11) is 0. The van der Waals surface area contributed by atoms with E-state index in [-0.39, 0.29) is 11.8 Å². The summed E-state index contributed by atoms with van der Waals surface area (Å²) in [6.45, 7) is 14.1. The highest BCUT2D eigenvalue weighted by Crippen LogP contribution is 2.03. The van der Waals surface area contributed by atoms with Crippen molar-refractivity contribution in [3.63, 3.8) is 0 Å². The second-order valence-corrected chi connectivity index (χ2v) is 5.49. The van der Waals surface area contributed by atoms with Crippen LogP contribution in [0.15, 0.2) is 0 Å². The van der Waals surface area contributed by atoms with Crippen molar-refractivity contribution in [3.05, 3.63) is 0 Å². The van der Waals surface area contributed by atoms with Gasteiger partial charge in [0, 0.05) is 25.2 Å². The minimum atomic E-state index is -0.401. The Labute approximate surface area is 106 Å². The lowest BCUT2D eigenvalue weighted by molar-refractivity contribution is -0.123. The van der Waals surface area contributed by atoms with Gasteiger partial charge in [-0.25, -0.2) is 0 Å². The number of carbonyl (C=O) groups is 1. The maximum Gasteiger partial charge on any atom is 0.237 e. The molecule has 0 rings (SSSR count). The summed E-state index contributed by atoms with van der Waals surface area (Å²) in [6.07, 6.45) is 0. The predicted molar refractivity (Wildman–Crippen MR) is 72.8 cm³/mol. The van der Waals surface area contributed by atoms with E-state index in [4.69, 9.17) is 5.73 Å². The van der Waals surface area contributed by atoms with Crippen LogP contribution in [0.1, 0.15) is 41.5 Å². The van der Waals surface area contributed by atoms with Crippen LogP contribution in [0.4, 0.5) is 0 Å². The highest BCUT2D eigenvalue weighted by atomic mass is 16.2. The number of nitrogens with one attached hydrogen (secondary N) is 1. The Balaban J connectivity index is 4.01. The van der Waals surface area contributed by atoms with Crippen LogP contribution in [0.5, 0.6) is 0 Å². The average Bonchev–Trinajstić information content (AvgIpc) is 2.21. The van der Waals surface area contributed by atoms with Gasteiger partial charge in [-0.2, -0.15) is 0 Å². The summed E-state index contributed by atoms with van der Waals surface area (Å²) in [5.74, 6) is 0.133. The normalized spacial score (nSPS) is 13.8. The number of carbonyl (C=O) groups excluding carboxylic acids is 1. The molecule has 0 unspecified atom stereocenters. The molecule has 0 aromatic rings. The van der Waals surface area contributed by atoms with Gasteiger partial charge in [-0.15, -0.1) is 0 Å². The van der Waals surface area contributed by atoms with Gasteiger partial charge in [-0.1, -0.05) is 13.8 Å². The van der Waals surface area contributed by atoms with Gasteiger partial charge in [0.1, 0.15) is 0 Å². The quantitative estimate of drug-likeness (QED) is 0.706. The van der Waals surface area contributed by atoms with Gasteiger partial charge in [0.05, 0.1) is 6.04 Å². The van der Waals surface area contributed by atoms with Crippen LogP contribution in [0.2, 0.25) is 0 Å². The second-order valence-electron chi connectivity index (χ2n) is 5.49. The van der Waals surface area contributed by atoms with Crippen LogP contribution in [0.25, 0.3) is 0 Å². The standard InChI is InChI=1S/C13H29N3O/c1-9(2)12(14)13(17)15-7-8-16(10(3)4)11(5)6/h9-12H,7-8,14H2,1-6H3,(H,15,17)/t12-/m0/s1. The van der Waals surface area contributed by atoms with Crippen molar-refractivity contribution in [2.45, 2.75) is 59.7 Å². The van der Waals surface area contributed by atoms with Gasteiger partial charge < -0.3 is 11.1 Å². The van der Waals surface area contributed by atoms with Crippen molar-refractivity contribution < 1.29 is 4.79 Å². The molecule has 0 fully saturated rings. The van der Waals surface area contributed by atoms with Crippen LogP contribution in [0, 0.1) is 5.92 Å². The van der Waals surface area contributed by atoms with Gasteiger partial charge in [-0.05, 0) is 33.6 Å². The van der Waals surface area contributed by atoms with Crippen LogP contribution >= 0.6 is 0 Å². The molecule has 0 heterocycles. The summed E-state index contributed by atoms with van der Waals surface area (Å²) >= 11 is 0. The van der Waals surface area contributed by atoms with Crippen molar-refractivity contribution in [1.29, 1.82) is 0 Å². The Bertz CT molecular complexity index is 219. The van der Waals surface area contributed by atoms with E-state index in [1.807, 2.05) is 13.8 Å². The van der Waals surface area contributed by atoms with Crippen LogP contribution in [-0.2, 0) is 4.79 Å². The van der Waals surface area contributed by atoms with E-state index >= 15 is 0 Å². The average molecular weight is 243 g/mol. The molecule has 3 N–H and O–H groups in total. The zero-order valence-corrected chi connectivity index (χ0v) is 12.2. The minimum absolute atomic E-state index is 0.0486. The van der Waals surface area contributed by atoms with Crippen LogP contribution in [0.3, 0.4) is 0 Å². The van der Waals surface area contributed by atoms with E-state index in [2.05, 4.69) is 37.9 Å². The highest BCUT2D eigenvalue weighted by molar-refractivity contribution is 5.81. The topological polar surface area (TPSA) is 58.4 Å². The molecule has 0 aliphatic rings. The molecule has 0 saturated heterocycles. The van der Waals surface area contributed by atoms with E-state index < -0.39 is 6.04 Å². The Hall–Kier alpha value is -0.610. The predicted octanol–water partition coefficient (Wildman–Crippen LogP) is 1.20. The Morgan fingerprint density at radius 2 is 1.59 bits per heavy atom. The molecule has 0 aromatic heterocycles. The lowest BCUT2D eigenvalue weighted by Gasteiger charge is -2.30. The van der Waals surface area contributed by atoms with Crippen molar-refractivity contribution in [1.82, 2.24) is 10.2 Å². The van der Waals surface area contributed by atoms with Crippen LogP contribution < -0.4 is 11.1 Å².